The Morgan fingerprint density at radius 3 is 1.56 bits per heavy atom. The third-order valence-electron chi connectivity index (χ3n) is 9.56. The van der Waals surface area contributed by atoms with E-state index in [1.807, 2.05) is 60.7 Å². The molecule has 0 radical (unpaired) electrons. The Morgan fingerprint density at radius 2 is 0.880 bits per heavy atom. The highest BCUT2D eigenvalue weighted by atomic mass is 15.0. The second kappa shape index (κ2) is 11.4. The minimum Gasteiger partial charge on any atom is -0.314 e. The van der Waals surface area contributed by atoms with Gasteiger partial charge in [0.1, 0.15) is 0 Å². The van der Waals surface area contributed by atoms with Gasteiger partial charge in [0, 0.05) is 50.3 Å². The van der Waals surface area contributed by atoms with E-state index in [9.17, 15) is 0 Å². The Hall–Kier alpha value is -6.85. The lowest BCUT2D eigenvalue weighted by Crippen LogP contribution is -2.00. The molecule has 0 saturated carbocycles. The molecule has 0 aliphatic rings. The number of para-hydroxylation sites is 3. The van der Waals surface area contributed by atoms with E-state index < -0.39 is 0 Å². The summed E-state index contributed by atoms with van der Waals surface area (Å²) >= 11 is 0. The lowest BCUT2D eigenvalue weighted by molar-refractivity contribution is 1.07. The van der Waals surface area contributed by atoms with Crippen molar-refractivity contribution in [2.24, 2.45) is 0 Å². The highest BCUT2D eigenvalue weighted by molar-refractivity contribution is 6.20. The number of pyridine rings is 1. The van der Waals surface area contributed by atoms with Crippen LogP contribution in [0.5, 0.6) is 0 Å². The van der Waals surface area contributed by atoms with Crippen LogP contribution < -0.4 is 0 Å². The molecule has 5 nitrogen and oxygen atoms in total. The van der Waals surface area contributed by atoms with Crippen molar-refractivity contribution in [3.63, 3.8) is 0 Å². The van der Waals surface area contributed by atoms with Gasteiger partial charge in [-0.2, -0.15) is 0 Å². The van der Waals surface area contributed by atoms with E-state index in [-0.39, 0.29) is 0 Å². The molecule has 0 aliphatic carbocycles. The Balaban J connectivity index is 1.27. The molecular weight excluding hydrogens is 611 g/mol. The minimum atomic E-state index is 0.635. The van der Waals surface area contributed by atoms with Crippen LogP contribution in [0.4, 0.5) is 0 Å². The van der Waals surface area contributed by atoms with Gasteiger partial charge >= 0.3 is 0 Å². The molecule has 0 saturated heterocycles. The van der Waals surface area contributed by atoms with E-state index in [0.717, 1.165) is 39.0 Å². The largest absolute Gasteiger partial charge is 0.314 e. The van der Waals surface area contributed by atoms with Crippen molar-refractivity contribution in [3.05, 3.63) is 176 Å². The number of hydrogen-bond donors (Lipinski definition) is 0. The SMILES string of the molecule is c1ccc(-c2nc(-c3ccccc3)nc(-c3cccc(-c4c5ccccc5n5ccc6c7ccccc7n(-c7ccccc7)c6c45)c3)n2)cc1. The highest BCUT2D eigenvalue weighted by Crippen LogP contribution is 2.43. The quantitative estimate of drug-likeness (QED) is 0.188. The molecule has 0 fully saturated rings. The molecule has 234 valence electrons. The summed E-state index contributed by atoms with van der Waals surface area (Å²) in [4.78, 5) is 15.0. The molecule has 4 aromatic heterocycles. The summed E-state index contributed by atoms with van der Waals surface area (Å²) in [6, 6.07) is 59.2. The molecule has 50 heavy (non-hydrogen) atoms. The zero-order valence-electron chi connectivity index (χ0n) is 27.0. The second-order valence-electron chi connectivity index (χ2n) is 12.5. The third-order valence-corrected chi connectivity index (χ3v) is 9.56. The maximum atomic E-state index is 5.05. The molecule has 0 unspecified atom stereocenters. The zero-order chi connectivity index (χ0) is 33.0. The van der Waals surface area contributed by atoms with E-state index >= 15 is 0 Å². The number of aromatic nitrogens is 5. The minimum absolute atomic E-state index is 0.635. The van der Waals surface area contributed by atoms with Crippen LogP contribution in [-0.4, -0.2) is 23.9 Å². The third kappa shape index (κ3) is 4.45. The molecule has 0 atom stereocenters. The van der Waals surface area contributed by atoms with E-state index in [0.29, 0.717) is 17.5 Å². The molecule has 10 aromatic rings. The van der Waals surface area contributed by atoms with Crippen LogP contribution in [0.1, 0.15) is 0 Å². The maximum absolute atomic E-state index is 5.05. The predicted octanol–water partition coefficient (Wildman–Crippen LogP) is 11.0. The van der Waals surface area contributed by atoms with Crippen molar-refractivity contribution >= 4 is 38.2 Å². The monoisotopic (exact) mass is 639 g/mol. The Morgan fingerprint density at radius 1 is 0.360 bits per heavy atom. The zero-order valence-corrected chi connectivity index (χ0v) is 27.0. The van der Waals surface area contributed by atoms with Gasteiger partial charge in [-0.1, -0.05) is 133 Å². The van der Waals surface area contributed by atoms with Crippen molar-refractivity contribution in [2.75, 3.05) is 0 Å². The molecule has 0 spiro atoms. The van der Waals surface area contributed by atoms with Crippen molar-refractivity contribution < 1.29 is 0 Å². The van der Waals surface area contributed by atoms with Crippen LogP contribution in [0.15, 0.2) is 176 Å². The lowest BCUT2D eigenvalue weighted by Gasteiger charge is -2.12. The first kappa shape index (κ1) is 28.2. The number of fused-ring (bicyclic) bond motifs is 7. The van der Waals surface area contributed by atoms with Gasteiger partial charge < -0.3 is 8.97 Å². The molecule has 6 aromatic carbocycles. The van der Waals surface area contributed by atoms with Crippen LogP contribution in [0, 0.1) is 0 Å². The summed E-state index contributed by atoms with van der Waals surface area (Å²) < 4.78 is 4.76. The van der Waals surface area contributed by atoms with E-state index in [4.69, 9.17) is 15.0 Å². The topological polar surface area (TPSA) is 48.0 Å². The van der Waals surface area contributed by atoms with E-state index in [2.05, 4.69) is 124 Å². The average molecular weight is 640 g/mol. The molecule has 10 rings (SSSR count). The van der Waals surface area contributed by atoms with Gasteiger partial charge in [0.25, 0.3) is 0 Å². The van der Waals surface area contributed by atoms with Crippen LogP contribution >= 0.6 is 0 Å². The molecule has 0 aliphatic heterocycles. The molecule has 4 heterocycles. The summed E-state index contributed by atoms with van der Waals surface area (Å²) in [5.74, 6) is 1.93. The van der Waals surface area contributed by atoms with Crippen molar-refractivity contribution in [3.8, 4) is 51.0 Å². The van der Waals surface area contributed by atoms with Crippen molar-refractivity contribution in [1.82, 2.24) is 23.9 Å². The summed E-state index contributed by atoms with van der Waals surface area (Å²) in [6.07, 6.45) is 2.22. The van der Waals surface area contributed by atoms with Crippen LogP contribution in [0.3, 0.4) is 0 Å². The maximum Gasteiger partial charge on any atom is 0.164 e. The first-order valence-corrected chi connectivity index (χ1v) is 16.8. The van der Waals surface area contributed by atoms with Gasteiger partial charge in [0.05, 0.1) is 22.1 Å². The number of benzene rings is 6. The Bertz CT molecular complexity index is 2800. The fourth-order valence-electron chi connectivity index (χ4n) is 7.36. The van der Waals surface area contributed by atoms with E-state index in [1.54, 1.807) is 0 Å². The van der Waals surface area contributed by atoms with Crippen LogP contribution in [0.25, 0.3) is 89.2 Å². The van der Waals surface area contributed by atoms with Gasteiger partial charge in [0.15, 0.2) is 17.5 Å². The number of rotatable bonds is 5. The van der Waals surface area contributed by atoms with Gasteiger partial charge in [-0.25, -0.2) is 15.0 Å². The average Bonchev–Trinajstić information content (AvgIpc) is 3.72. The molecule has 0 N–H and O–H groups in total. The standard InChI is InChI=1S/C45H29N5/c1-4-15-30(16-5-1)43-46-44(31-17-6-2-7-18-31)48-45(47-43)33-20-14-19-32(29-33)40-37-24-11-12-25-38(37)49-28-27-36-35-23-10-13-26-39(35)50(41(36)42(40)49)34-21-8-3-9-22-34/h1-29H. The van der Waals surface area contributed by atoms with Gasteiger partial charge in [-0.15, -0.1) is 0 Å². The lowest BCUT2D eigenvalue weighted by atomic mass is 9.99. The van der Waals surface area contributed by atoms with Crippen molar-refractivity contribution in [1.29, 1.82) is 0 Å². The van der Waals surface area contributed by atoms with Gasteiger partial charge in [-0.05, 0) is 42.0 Å². The fourth-order valence-corrected chi connectivity index (χ4v) is 7.36. The number of hydrogen-bond acceptors (Lipinski definition) is 3. The first-order valence-electron chi connectivity index (χ1n) is 16.8. The predicted molar refractivity (Wildman–Crippen MR) is 204 cm³/mol. The summed E-state index contributed by atoms with van der Waals surface area (Å²) in [7, 11) is 0. The summed E-state index contributed by atoms with van der Waals surface area (Å²) in [6.45, 7) is 0. The Kier molecular flexibility index (Phi) is 6.42. The Labute approximate surface area is 288 Å². The molecule has 5 heteroatoms. The first-order chi connectivity index (χ1) is 24.8. The summed E-state index contributed by atoms with van der Waals surface area (Å²) in [5, 5.41) is 3.63. The fraction of sp³-hybridized carbons (Fsp3) is 0. The summed E-state index contributed by atoms with van der Waals surface area (Å²) in [5.41, 5.74) is 10.9. The van der Waals surface area contributed by atoms with Crippen LogP contribution in [0.2, 0.25) is 0 Å². The van der Waals surface area contributed by atoms with E-state index in [1.165, 1.54) is 32.8 Å². The smallest absolute Gasteiger partial charge is 0.164 e. The molecule has 0 amide bonds. The molecule has 0 bridgehead atoms. The highest BCUT2D eigenvalue weighted by Gasteiger charge is 2.22. The van der Waals surface area contributed by atoms with Gasteiger partial charge in [0.2, 0.25) is 0 Å². The van der Waals surface area contributed by atoms with Crippen molar-refractivity contribution in [2.45, 2.75) is 0 Å². The number of nitrogens with zero attached hydrogens (tertiary/aromatic N) is 5. The van der Waals surface area contributed by atoms with Crippen LogP contribution in [-0.2, 0) is 0 Å². The second-order valence-corrected chi connectivity index (χ2v) is 12.5. The van der Waals surface area contributed by atoms with Gasteiger partial charge in [-0.3, -0.25) is 0 Å². The normalized spacial score (nSPS) is 11.6. The molecular formula is C45H29N5.